The molecule has 0 aromatic carbocycles. The quantitative estimate of drug-likeness (QED) is 0.495. The molecule has 0 aromatic rings. The lowest BCUT2D eigenvalue weighted by molar-refractivity contribution is 0.189. The molecule has 0 amide bonds. The molecular weight excluding hydrogens is 122 g/mol. The maximum Gasteiger partial charge on any atom is 0.0242 e. The Morgan fingerprint density at radius 2 is 2.40 bits per heavy atom. The molecule has 0 radical (unpaired) electrons. The average Bonchev–Trinajstić information content (AvgIpc) is 1.94. The maximum atomic E-state index is 5.24. The van der Waals surface area contributed by atoms with Crippen LogP contribution in [-0.4, -0.2) is 24.5 Å². The summed E-state index contributed by atoms with van der Waals surface area (Å²) >= 11 is 0. The minimum absolute atomic E-state index is 0.666. The van der Waals surface area contributed by atoms with Crippen molar-refractivity contribution in [3.05, 3.63) is 0 Å². The van der Waals surface area contributed by atoms with Gasteiger partial charge in [0.1, 0.15) is 0 Å². The number of hydrogen-bond acceptors (Lipinski definition) is 1. The second kappa shape index (κ2) is 3.63. The average molecular weight is 137 g/mol. The van der Waals surface area contributed by atoms with Gasteiger partial charge in [-0.1, -0.05) is 6.42 Å². The highest BCUT2D eigenvalue weighted by Gasteiger charge is 2.16. The Kier molecular flexibility index (Phi) is 2.77. The third-order valence-electron chi connectivity index (χ3n) is 2.27. The highest BCUT2D eigenvalue weighted by molar-refractivity contribution is 4.91. The third kappa shape index (κ3) is 1.75. The molecule has 0 saturated carbocycles. The molecule has 1 aliphatic rings. The standard InChI is InChI=1S/C9H15N/c1-3-6-9-7-4-5-8-10(9)2/h1,9H,4-8H2,2H3. The molecule has 1 heteroatoms. The second-order valence-electron chi connectivity index (χ2n) is 3.04. The molecule has 1 aliphatic heterocycles. The maximum absolute atomic E-state index is 5.24. The van der Waals surface area contributed by atoms with Crippen molar-refractivity contribution in [2.75, 3.05) is 13.6 Å². The molecule has 1 rings (SSSR count). The van der Waals surface area contributed by atoms with E-state index in [4.69, 9.17) is 6.42 Å². The van der Waals surface area contributed by atoms with Crippen LogP contribution in [0.1, 0.15) is 25.7 Å². The van der Waals surface area contributed by atoms with Gasteiger partial charge in [0, 0.05) is 12.5 Å². The van der Waals surface area contributed by atoms with Gasteiger partial charge in [-0.15, -0.1) is 12.3 Å². The van der Waals surface area contributed by atoms with E-state index in [1.807, 2.05) is 0 Å². The minimum Gasteiger partial charge on any atom is -0.302 e. The van der Waals surface area contributed by atoms with Crippen LogP contribution in [0.15, 0.2) is 0 Å². The highest BCUT2D eigenvalue weighted by atomic mass is 15.1. The van der Waals surface area contributed by atoms with Crippen LogP contribution < -0.4 is 0 Å². The summed E-state index contributed by atoms with van der Waals surface area (Å²) in [4.78, 5) is 2.38. The first-order valence-electron chi connectivity index (χ1n) is 3.98. The molecule has 0 spiro atoms. The number of piperidine rings is 1. The minimum atomic E-state index is 0.666. The van der Waals surface area contributed by atoms with Crippen LogP contribution in [0.2, 0.25) is 0 Å². The molecule has 1 saturated heterocycles. The zero-order chi connectivity index (χ0) is 7.40. The molecule has 0 aromatic heterocycles. The fourth-order valence-corrected chi connectivity index (χ4v) is 1.54. The Morgan fingerprint density at radius 1 is 1.60 bits per heavy atom. The van der Waals surface area contributed by atoms with Crippen molar-refractivity contribution < 1.29 is 0 Å². The summed E-state index contributed by atoms with van der Waals surface area (Å²) in [5.41, 5.74) is 0. The number of rotatable bonds is 1. The monoisotopic (exact) mass is 137 g/mol. The molecule has 0 bridgehead atoms. The van der Waals surface area contributed by atoms with E-state index in [1.165, 1.54) is 25.8 Å². The lowest BCUT2D eigenvalue weighted by Crippen LogP contribution is -2.35. The topological polar surface area (TPSA) is 3.24 Å². The van der Waals surface area contributed by atoms with Crippen molar-refractivity contribution in [3.63, 3.8) is 0 Å². The van der Waals surface area contributed by atoms with E-state index >= 15 is 0 Å². The van der Waals surface area contributed by atoms with Gasteiger partial charge in [-0.25, -0.2) is 0 Å². The summed E-state index contributed by atoms with van der Waals surface area (Å²) in [6.45, 7) is 1.23. The van der Waals surface area contributed by atoms with E-state index < -0.39 is 0 Å². The van der Waals surface area contributed by atoms with E-state index in [9.17, 15) is 0 Å². The number of nitrogens with zero attached hydrogens (tertiary/aromatic N) is 1. The van der Waals surface area contributed by atoms with Crippen LogP contribution in [0.4, 0.5) is 0 Å². The fraction of sp³-hybridized carbons (Fsp3) is 0.778. The summed E-state index contributed by atoms with van der Waals surface area (Å²) in [6, 6.07) is 0.666. The van der Waals surface area contributed by atoms with Crippen LogP contribution in [-0.2, 0) is 0 Å². The summed E-state index contributed by atoms with van der Waals surface area (Å²) in [5, 5.41) is 0. The zero-order valence-electron chi connectivity index (χ0n) is 6.64. The summed E-state index contributed by atoms with van der Waals surface area (Å²) in [5.74, 6) is 2.73. The normalized spacial score (nSPS) is 27.8. The van der Waals surface area contributed by atoms with Crippen molar-refractivity contribution in [1.29, 1.82) is 0 Å². The van der Waals surface area contributed by atoms with Gasteiger partial charge < -0.3 is 4.90 Å². The predicted octanol–water partition coefficient (Wildman–Crippen LogP) is 1.49. The largest absolute Gasteiger partial charge is 0.302 e. The predicted molar refractivity (Wildman–Crippen MR) is 43.7 cm³/mol. The highest BCUT2D eigenvalue weighted by Crippen LogP contribution is 2.16. The van der Waals surface area contributed by atoms with Gasteiger partial charge in [0.2, 0.25) is 0 Å². The Bertz CT molecular complexity index is 134. The van der Waals surface area contributed by atoms with Gasteiger partial charge in [-0.05, 0) is 26.4 Å². The van der Waals surface area contributed by atoms with E-state index in [0.29, 0.717) is 6.04 Å². The fourth-order valence-electron chi connectivity index (χ4n) is 1.54. The lowest BCUT2D eigenvalue weighted by Gasteiger charge is -2.30. The van der Waals surface area contributed by atoms with Crippen molar-refractivity contribution >= 4 is 0 Å². The van der Waals surface area contributed by atoms with Gasteiger partial charge in [-0.3, -0.25) is 0 Å². The lowest BCUT2D eigenvalue weighted by atomic mass is 10.0. The molecule has 1 atom stereocenters. The van der Waals surface area contributed by atoms with E-state index in [1.54, 1.807) is 0 Å². The third-order valence-corrected chi connectivity index (χ3v) is 2.27. The van der Waals surface area contributed by atoms with Crippen LogP contribution in [0, 0.1) is 12.3 Å². The van der Waals surface area contributed by atoms with E-state index in [-0.39, 0.29) is 0 Å². The molecule has 1 heterocycles. The molecule has 1 unspecified atom stereocenters. The molecule has 1 fully saturated rings. The summed E-state index contributed by atoms with van der Waals surface area (Å²) in [7, 11) is 2.17. The molecule has 0 aliphatic carbocycles. The van der Waals surface area contributed by atoms with Gasteiger partial charge in [0.25, 0.3) is 0 Å². The Hall–Kier alpha value is -0.480. The Labute approximate surface area is 63.4 Å². The summed E-state index contributed by atoms with van der Waals surface area (Å²) in [6.07, 6.45) is 10.2. The van der Waals surface area contributed by atoms with Crippen LogP contribution in [0.3, 0.4) is 0 Å². The van der Waals surface area contributed by atoms with Gasteiger partial charge >= 0.3 is 0 Å². The van der Waals surface area contributed by atoms with Crippen LogP contribution >= 0.6 is 0 Å². The van der Waals surface area contributed by atoms with Gasteiger partial charge in [0.15, 0.2) is 0 Å². The molecule has 56 valence electrons. The second-order valence-corrected chi connectivity index (χ2v) is 3.04. The number of hydrogen-bond donors (Lipinski definition) is 0. The van der Waals surface area contributed by atoms with Crippen molar-refractivity contribution in [3.8, 4) is 12.3 Å². The molecule has 0 N–H and O–H groups in total. The smallest absolute Gasteiger partial charge is 0.0242 e. The Morgan fingerprint density at radius 3 is 3.00 bits per heavy atom. The first-order valence-corrected chi connectivity index (χ1v) is 3.98. The number of terminal acetylenes is 1. The van der Waals surface area contributed by atoms with Crippen LogP contribution in [0.5, 0.6) is 0 Å². The molecule has 1 nitrogen and oxygen atoms in total. The van der Waals surface area contributed by atoms with E-state index in [0.717, 1.165) is 6.42 Å². The van der Waals surface area contributed by atoms with Gasteiger partial charge in [0.05, 0.1) is 0 Å². The molecular formula is C9H15N. The first kappa shape index (κ1) is 7.63. The van der Waals surface area contributed by atoms with Crippen LogP contribution in [0.25, 0.3) is 0 Å². The first-order chi connectivity index (χ1) is 4.84. The van der Waals surface area contributed by atoms with Gasteiger partial charge in [-0.2, -0.15) is 0 Å². The van der Waals surface area contributed by atoms with Crippen molar-refractivity contribution in [2.24, 2.45) is 0 Å². The summed E-state index contributed by atoms with van der Waals surface area (Å²) < 4.78 is 0. The van der Waals surface area contributed by atoms with E-state index in [2.05, 4.69) is 17.9 Å². The van der Waals surface area contributed by atoms with Crippen molar-refractivity contribution in [2.45, 2.75) is 31.7 Å². The SMILES string of the molecule is C#CCC1CCCCN1C. The zero-order valence-corrected chi connectivity index (χ0v) is 6.64. The van der Waals surface area contributed by atoms with Crippen molar-refractivity contribution in [1.82, 2.24) is 4.90 Å². The Balaban J connectivity index is 2.34. The number of likely N-dealkylation sites (tertiary alicyclic amines) is 1. The molecule has 10 heavy (non-hydrogen) atoms.